The summed E-state index contributed by atoms with van der Waals surface area (Å²) < 4.78 is 2.02. The third-order valence-corrected chi connectivity index (χ3v) is 3.09. The summed E-state index contributed by atoms with van der Waals surface area (Å²) in [6.07, 6.45) is 4.55. The summed E-state index contributed by atoms with van der Waals surface area (Å²) in [5, 5.41) is 6.41. The van der Waals surface area contributed by atoms with Crippen LogP contribution in [0.25, 0.3) is 0 Å². The maximum absolute atomic E-state index is 11.8. The van der Waals surface area contributed by atoms with Gasteiger partial charge in [-0.05, 0) is 30.9 Å². The van der Waals surface area contributed by atoms with Crippen LogP contribution >= 0.6 is 0 Å². The Bertz CT molecular complexity index is 393. The second-order valence-corrected chi connectivity index (χ2v) is 5.48. The standard InChI is InChI=1S/C14H23N3O/c1-11(2)8-16-14(18)10-17-7-3-4-13(17)9-15-12-5-6-12/h3-4,7,11-12,15H,5-6,8-10H2,1-2H3,(H,16,18). The monoisotopic (exact) mass is 249 g/mol. The Morgan fingerprint density at radius 1 is 1.50 bits per heavy atom. The van der Waals surface area contributed by atoms with Crippen LogP contribution in [0.5, 0.6) is 0 Å². The number of carbonyl (C=O) groups is 1. The summed E-state index contributed by atoms with van der Waals surface area (Å²) >= 11 is 0. The molecule has 0 spiro atoms. The highest BCUT2D eigenvalue weighted by Gasteiger charge is 2.20. The number of nitrogens with one attached hydrogen (secondary N) is 2. The quantitative estimate of drug-likeness (QED) is 0.769. The van der Waals surface area contributed by atoms with Crippen LogP contribution in [-0.4, -0.2) is 23.1 Å². The van der Waals surface area contributed by atoms with Crippen LogP contribution in [0.1, 0.15) is 32.4 Å². The Morgan fingerprint density at radius 2 is 2.28 bits per heavy atom. The zero-order valence-electron chi connectivity index (χ0n) is 11.3. The van der Waals surface area contributed by atoms with Gasteiger partial charge in [0.25, 0.3) is 0 Å². The van der Waals surface area contributed by atoms with Gasteiger partial charge < -0.3 is 15.2 Å². The SMILES string of the molecule is CC(C)CNC(=O)Cn1cccc1CNC1CC1. The van der Waals surface area contributed by atoms with Gasteiger partial charge >= 0.3 is 0 Å². The molecule has 0 aromatic carbocycles. The fraction of sp³-hybridized carbons (Fsp3) is 0.643. The molecule has 0 atom stereocenters. The largest absolute Gasteiger partial charge is 0.354 e. The number of rotatable bonds is 7. The van der Waals surface area contributed by atoms with Gasteiger partial charge in [0.05, 0.1) is 0 Å². The normalized spacial score (nSPS) is 15.1. The Balaban J connectivity index is 1.80. The average Bonchev–Trinajstić information content (AvgIpc) is 3.05. The first-order chi connectivity index (χ1) is 8.65. The van der Waals surface area contributed by atoms with Crippen molar-refractivity contribution in [2.24, 2.45) is 5.92 Å². The van der Waals surface area contributed by atoms with E-state index in [1.807, 2.05) is 16.8 Å². The lowest BCUT2D eigenvalue weighted by molar-refractivity contribution is -0.121. The van der Waals surface area contributed by atoms with Crippen LogP contribution in [0.4, 0.5) is 0 Å². The Hall–Kier alpha value is -1.29. The van der Waals surface area contributed by atoms with Gasteiger partial charge in [0.2, 0.25) is 5.91 Å². The highest BCUT2D eigenvalue weighted by Crippen LogP contribution is 2.19. The molecule has 0 saturated heterocycles. The highest BCUT2D eigenvalue weighted by atomic mass is 16.1. The molecule has 1 saturated carbocycles. The Labute approximate surface area is 109 Å². The maximum Gasteiger partial charge on any atom is 0.239 e. The lowest BCUT2D eigenvalue weighted by atomic mass is 10.2. The minimum atomic E-state index is 0.0903. The van der Waals surface area contributed by atoms with E-state index in [1.165, 1.54) is 18.5 Å². The van der Waals surface area contributed by atoms with Gasteiger partial charge in [-0.15, -0.1) is 0 Å². The summed E-state index contributed by atoms with van der Waals surface area (Å²) in [4.78, 5) is 11.8. The van der Waals surface area contributed by atoms with Crippen LogP contribution in [0, 0.1) is 5.92 Å². The number of hydrogen-bond donors (Lipinski definition) is 2. The van der Waals surface area contributed by atoms with Crippen molar-refractivity contribution in [1.29, 1.82) is 0 Å². The molecule has 1 amide bonds. The van der Waals surface area contributed by atoms with Gasteiger partial charge in [0, 0.05) is 31.0 Å². The van der Waals surface area contributed by atoms with Crippen LogP contribution in [0.3, 0.4) is 0 Å². The van der Waals surface area contributed by atoms with Crippen molar-refractivity contribution in [3.8, 4) is 0 Å². The van der Waals surface area contributed by atoms with E-state index in [4.69, 9.17) is 0 Å². The van der Waals surface area contributed by atoms with Crippen LogP contribution in [-0.2, 0) is 17.9 Å². The van der Waals surface area contributed by atoms with Gasteiger partial charge in [0.15, 0.2) is 0 Å². The van der Waals surface area contributed by atoms with E-state index < -0.39 is 0 Å². The number of carbonyl (C=O) groups excluding carboxylic acids is 1. The molecule has 100 valence electrons. The molecule has 1 aromatic rings. The smallest absolute Gasteiger partial charge is 0.239 e. The molecule has 4 heteroatoms. The highest BCUT2D eigenvalue weighted by molar-refractivity contribution is 5.75. The predicted molar refractivity (Wildman–Crippen MR) is 72.1 cm³/mol. The fourth-order valence-corrected chi connectivity index (χ4v) is 1.83. The molecule has 1 fully saturated rings. The summed E-state index contributed by atoms with van der Waals surface area (Å²) in [5.74, 6) is 0.585. The van der Waals surface area contributed by atoms with Gasteiger partial charge in [0.1, 0.15) is 6.54 Å². The van der Waals surface area contributed by atoms with E-state index in [0.717, 1.165) is 13.1 Å². The van der Waals surface area contributed by atoms with Crippen molar-refractivity contribution >= 4 is 5.91 Å². The number of aromatic nitrogens is 1. The molecule has 0 radical (unpaired) electrons. The first-order valence-electron chi connectivity index (χ1n) is 6.79. The van der Waals surface area contributed by atoms with Gasteiger partial charge in [-0.1, -0.05) is 13.8 Å². The molecule has 1 heterocycles. The van der Waals surface area contributed by atoms with Gasteiger partial charge in [-0.3, -0.25) is 4.79 Å². The van der Waals surface area contributed by atoms with E-state index in [0.29, 0.717) is 18.5 Å². The van der Waals surface area contributed by atoms with Crippen molar-refractivity contribution in [3.05, 3.63) is 24.0 Å². The molecule has 4 nitrogen and oxygen atoms in total. The van der Waals surface area contributed by atoms with E-state index in [9.17, 15) is 4.79 Å². The zero-order valence-corrected chi connectivity index (χ0v) is 11.3. The molecule has 1 aromatic heterocycles. The number of amides is 1. The minimum Gasteiger partial charge on any atom is -0.354 e. The summed E-state index contributed by atoms with van der Waals surface area (Å²) in [6, 6.07) is 4.77. The molecule has 0 aliphatic heterocycles. The van der Waals surface area contributed by atoms with E-state index in [1.54, 1.807) is 0 Å². The second-order valence-electron chi connectivity index (χ2n) is 5.48. The average molecular weight is 249 g/mol. The number of nitrogens with zero attached hydrogens (tertiary/aromatic N) is 1. The molecular formula is C14H23N3O. The minimum absolute atomic E-state index is 0.0903. The van der Waals surface area contributed by atoms with Crippen LogP contribution < -0.4 is 10.6 Å². The molecular weight excluding hydrogens is 226 g/mol. The third kappa shape index (κ3) is 4.18. The summed E-state index contributed by atoms with van der Waals surface area (Å²) in [7, 11) is 0. The molecule has 0 unspecified atom stereocenters. The fourth-order valence-electron chi connectivity index (χ4n) is 1.83. The summed E-state index contributed by atoms with van der Waals surface area (Å²) in [5.41, 5.74) is 1.18. The maximum atomic E-state index is 11.8. The van der Waals surface area contributed by atoms with Crippen LogP contribution in [0.15, 0.2) is 18.3 Å². The Morgan fingerprint density at radius 3 is 2.94 bits per heavy atom. The van der Waals surface area contributed by atoms with E-state index in [2.05, 4.69) is 30.5 Å². The molecule has 1 aliphatic rings. The molecule has 2 rings (SSSR count). The molecule has 1 aliphatic carbocycles. The van der Waals surface area contributed by atoms with E-state index >= 15 is 0 Å². The van der Waals surface area contributed by atoms with Crippen molar-refractivity contribution < 1.29 is 4.79 Å². The van der Waals surface area contributed by atoms with E-state index in [-0.39, 0.29) is 5.91 Å². The Kier molecular flexibility index (Phi) is 4.42. The van der Waals surface area contributed by atoms with Gasteiger partial charge in [-0.2, -0.15) is 0 Å². The lowest BCUT2D eigenvalue weighted by Gasteiger charge is -2.11. The van der Waals surface area contributed by atoms with Crippen LogP contribution in [0.2, 0.25) is 0 Å². The van der Waals surface area contributed by atoms with Crippen molar-refractivity contribution in [1.82, 2.24) is 15.2 Å². The van der Waals surface area contributed by atoms with Crippen molar-refractivity contribution in [2.45, 2.75) is 45.8 Å². The number of hydrogen-bond acceptors (Lipinski definition) is 2. The first-order valence-corrected chi connectivity index (χ1v) is 6.79. The molecule has 0 bridgehead atoms. The molecule has 2 N–H and O–H groups in total. The molecule has 18 heavy (non-hydrogen) atoms. The second kappa shape index (κ2) is 6.05. The lowest BCUT2D eigenvalue weighted by Crippen LogP contribution is -2.31. The van der Waals surface area contributed by atoms with Crippen molar-refractivity contribution in [2.75, 3.05) is 6.54 Å². The first kappa shape index (κ1) is 13.1. The third-order valence-electron chi connectivity index (χ3n) is 3.09. The van der Waals surface area contributed by atoms with Crippen molar-refractivity contribution in [3.63, 3.8) is 0 Å². The predicted octanol–water partition coefficient (Wildman–Crippen LogP) is 1.51. The summed E-state index contributed by atoms with van der Waals surface area (Å²) in [6.45, 7) is 6.22. The zero-order chi connectivity index (χ0) is 13.0. The topological polar surface area (TPSA) is 46.1 Å². The van der Waals surface area contributed by atoms with Gasteiger partial charge in [-0.25, -0.2) is 0 Å².